The van der Waals surface area contributed by atoms with Crippen molar-refractivity contribution in [1.29, 1.82) is 5.26 Å². The molecule has 0 radical (unpaired) electrons. The highest BCUT2D eigenvalue weighted by atomic mass is 35.5. The summed E-state index contributed by atoms with van der Waals surface area (Å²) in [5, 5.41) is 9.16. The minimum absolute atomic E-state index is 0.336. The van der Waals surface area contributed by atoms with E-state index < -0.39 is 5.60 Å². The lowest BCUT2D eigenvalue weighted by Gasteiger charge is -2.26. The predicted molar refractivity (Wildman–Crippen MR) is 66.5 cm³/mol. The molecule has 0 unspecified atom stereocenters. The lowest BCUT2D eigenvalue weighted by molar-refractivity contribution is 0.114. The van der Waals surface area contributed by atoms with Gasteiger partial charge in [0.25, 0.3) is 0 Å². The fraction of sp³-hybridized carbons (Fsp3) is 0.417. The summed E-state index contributed by atoms with van der Waals surface area (Å²) < 4.78 is 10.9. The van der Waals surface area contributed by atoms with E-state index in [1.165, 1.54) is 13.2 Å². The van der Waals surface area contributed by atoms with Crippen molar-refractivity contribution in [1.82, 2.24) is 0 Å². The van der Waals surface area contributed by atoms with Crippen LogP contribution < -0.4 is 15.2 Å². The number of rotatable bonds is 4. The Labute approximate surface area is 106 Å². The molecular formula is C12H15ClN2O2. The van der Waals surface area contributed by atoms with E-state index in [0.717, 1.165) is 0 Å². The number of nitrogens with two attached hydrogens (primary N) is 1. The van der Waals surface area contributed by atoms with Gasteiger partial charge in [-0.05, 0) is 19.9 Å². The van der Waals surface area contributed by atoms with Crippen molar-refractivity contribution >= 4 is 11.6 Å². The number of benzene rings is 1. The van der Waals surface area contributed by atoms with E-state index in [2.05, 4.69) is 0 Å². The van der Waals surface area contributed by atoms with Gasteiger partial charge in [0.05, 0.1) is 23.8 Å². The molecule has 0 fully saturated rings. The summed E-state index contributed by atoms with van der Waals surface area (Å²) in [5.41, 5.74) is 5.46. The van der Waals surface area contributed by atoms with Crippen molar-refractivity contribution in [3.05, 3.63) is 22.7 Å². The van der Waals surface area contributed by atoms with Crippen LogP contribution in [0.4, 0.5) is 0 Å². The van der Waals surface area contributed by atoms with Crippen molar-refractivity contribution in [2.45, 2.75) is 19.4 Å². The van der Waals surface area contributed by atoms with Gasteiger partial charge in [-0.1, -0.05) is 11.6 Å². The van der Waals surface area contributed by atoms with Crippen LogP contribution >= 0.6 is 11.6 Å². The summed E-state index contributed by atoms with van der Waals surface area (Å²) in [6, 6.07) is 5.11. The van der Waals surface area contributed by atoms with Gasteiger partial charge in [-0.25, -0.2) is 0 Å². The molecule has 2 N–H and O–H groups in total. The van der Waals surface area contributed by atoms with E-state index >= 15 is 0 Å². The maximum atomic E-state index is 8.83. The first-order valence-electron chi connectivity index (χ1n) is 5.10. The Kier molecular flexibility index (Phi) is 4.22. The third kappa shape index (κ3) is 3.26. The van der Waals surface area contributed by atoms with Crippen LogP contribution in [0.1, 0.15) is 19.4 Å². The van der Waals surface area contributed by atoms with Crippen molar-refractivity contribution in [2.75, 3.05) is 13.7 Å². The van der Waals surface area contributed by atoms with Gasteiger partial charge in [0.2, 0.25) is 0 Å². The Balaban J connectivity index is 3.20. The van der Waals surface area contributed by atoms with Gasteiger partial charge in [0.1, 0.15) is 5.60 Å². The van der Waals surface area contributed by atoms with Gasteiger partial charge in [0, 0.05) is 12.6 Å². The zero-order valence-electron chi connectivity index (χ0n) is 10.1. The third-order valence-electron chi connectivity index (χ3n) is 2.23. The van der Waals surface area contributed by atoms with Crippen LogP contribution in [0.2, 0.25) is 5.02 Å². The van der Waals surface area contributed by atoms with Gasteiger partial charge >= 0.3 is 0 Å². The molecule has 0 aliphatic carbocycles. The lowest BCUT2D eigenvalue weighted by atomic mass is 10.1. The average molecular weight is 255 g/mol. The maximum Gasteiger partial charge on any atom is 0.180 e. The lowest BCUT2D eigenvalue weighted by Crippen LogP contribution is -2.37. The smallest absolute Gasteiger partial charge is 0.180 e. The fourth-order valence-electron chi connectivity index (χ4n) is 1.20. The van der Waals surface area contributed by atoms with Crippen LogP contribution in [-0.4, -0.2) is 19.3 Å². The average Bonchev–Trinajstić information content (AvgIpc) is 2.31. The Bertz CT molecular complexity index is 453. The number of methoxy groups -OCH3 is 1. The minimum atomic E-state index is -0.551. The molecule has 0 atom stereocenters. The highest BCUT2D eigenvalue weighted by Gasteiger charge is 2.22. The molecule has 92 valence electrons. The monoisotopic (exact) mass is 254 g/mol. The zero-order chi connectivity index (χ0) is 13.1. The van der Waals surface area contributed by atoms with Crippen LogP contribution in [0.15, 0.2) is 12.1 Å². The van der Waals surface area contributed by atoms with Gasteiger partial charge in [-0.3, -0.25) is 0 Å². The van der Waals surface area contributed by atoms with Crippen molar-refractivity contribution in [3.8, 4) is 17.6 Å². The first-order chi connectivity index (χ1) is 7.93. The van der Waals surface area contributed by atoms with E-state index in [1.807, 2.05) is 19.9 Å². The minimum Gasteiger partial charge on any atom is -0.493 e. The van der Waals surface area contributed by atoms with Gasteiger partial charge in [-0.15, -0.1) is 0 Å². The highest BCUT2D eigenvalue weighted by molar-refractivity contribution is 6.32. The molecule has 1 aromatic carbocycles. The molecule has 5 heteroatoms. The molecule has 0 amide bonds. The largest absolute Gasteiger partial charge is 0.493 e. The number of halogens is 1. The fourth-order valence-corrected chi connectivity index (χ4v) is 1.45. The molecule has 0 aromatic heterocycles. The molecular weight excluding hydrogens is 240 g/mol. The molecule has 0 bridgehead atoms. The maximum absolute atomic E-state index is 8.83. The summed E-state index contributed by atoms with van der Waals surface area (Å²) in [5.74, 6) is 0.833. The van der Waals surface area contributed by atoms with E-state index in [0.29, 0.717) is 28.6 Å². The molecule has 1 aromatic rings. The molecule has 0 saturated heterocycles. The molecule has 4 nitrogen and oxygen atoms in total. The quantitative estimate of drug-likeness (QED) is 0.895. The van der Waals surface area contributed by atoms with E-state index in [1.54, 1.807) is 6.07 Å². The van der Waals surface area contributed by atoms with Crippen molar-refractivity contribution in [3.63, 3.8) is 0 Å². The van der Waals surface area contributed by atoms with Crippen LogP contribution in [0, 0.1) is 11.3 Å². The number of hydrogen-bond donors (Lipinski definition) is 1. The SMILES string of the molecule is COc1cc(C#N)cc(Cl)c1OC(C)(C)CN. The third-order valence-corrected chi connectivity index (χ3v) is 2.51. The standard InChI is InChI=1S/C12H15ClN2O2/c1-12(2,7-15)17-11-9(13)4-8(6-14)5-10(11)16-3/h4-5H,7,15H2,1-3H3. The van der Waals surface area contributed by atoms with Gasteiger partial charge in [-0.2, -0.15) is 5.26 Å². The van der Waals surface area contributed by atoms with Crippen molar-refractivity contribution < 1.29 is 9.47 Å². The Morgan fingerprint density at radius 3 is 2.59 bits per heavy atom. The van der Waals surface area contributed by atoms with Crippen LogP contribution in [0.5, 0.6) is 11.5 Å². The normalized spacial score (nSPS) is 10.8. The molecule has 0 spiro atoms. The van der Waals surface area contributed by atoms with Crippen LogP contribution in [0.25, 0.3) is 0 Å². The van der Waals surface area contributed by atoms with Crippen LogP contribution in [0.3, 0.4) is 0 Å². The summed E-state index contributed by atoms with van der Waals surface area (Å²) in [4.78, 5) is 0. The van der Waals surface area contributed by atoms with E-state index in [-0.39, 0.29) is 0 Å². The number of nitriles is 1. The number of nitrogens with zero attached hydrogens (tertiary/aromatic N) is 1. The van der Waals surface area contributed by atoms with Gasteiger partial charge < -0.3 is 15.2 Å². The van der Waals surface area contributed by atoms with Crippen molar-refractivity contribution in [2.24, 2.45) is 5.73 Å². The molecule has 0 heterocycles. The first kappa shape index (κ1) is 13.6. The Morgan fingerprint density at radius 2 is 2.12 bits per heavy atom. The second kappa shape index (κ2) is 5.26. The van der Waals surface area contributed by atoms with E-state index in [9.17, 15) is 0 Å². The van der Waals surface area contributed by atoms with E-state index in [4.69, 9.17) is 32.1 Å². The predicted octanol–water partition coefficient (Wildman–Crippen LogP) is 2.34. The first-order valence-corrected chi connectivity index (χ1v) is 5.48. The van der Waals surface area contributed by atoms with Crippen LogP contribution in [-0.2, 0) is 0 Å². The second-order valence-corrected chi connectivity index (χ2v) is 4.57. The summed E-state index contributed by atoms with van der Waals surface area (Å²) in [6.07, 6.45) is 0. The summed E-state index contributed by atoms with van der Waals surface area (Å²) in [7, 11) is 1.50. The zero-order valence-corrected chi connectivity index (χ0v) is 10.8. The molecule has 17 heavy (non-hydrogen) atoms. The Hall–Kier alpha value is -1.44. The van der Waals surface area contributed by atoms with Gasteiger partial charge in [0.15, 0.2) is 11.5 Å². The molecule has 0 saturated carbocycles. The Morgan fingerprint density at radius 1 is 1.47 bits per heavy atom. The molecule has 0 aliphatic heterocycles. The number of ether oxygens (including phenoxy) is 2. The number of hydrogen-bond acceptors (Lipinski definition) is 4. The highest BCUT2D eigenvalue weighted by Crippen LogP contribution is 2.38. The topological polar surface area (TPSA) is 68.3 Å². The molecule has 1 rings (SSSR count). The second-order valence-electron chi connectivity index (χ2n) is 4.17. The summed E-state index contributed by atoms with van der Waals surface area (Å²) >= 11 is 6.06. The summed E-state index contributed by atoms with van der Waals surface area (Å²) in [6.45, 7) is 4.04. The molecule has 0 aliphatic rings.